The average molecular weight is 295 g/mol. The van der Waals surface area contributed by atoms with Crippen LogP contribution in [0.2, 0.25) is 0 Å². The van der Waals surface area contributed by atoms with Crippen LogP contribution in [0.4, 0.5) is 0 Å². The molecule has 4 heteroatoms. The summed E-state index contributed by atoms with van der Waals surface area (Å²) in [7, 11) is 4.90. The Morgan fingerprint density at radius 3 is 2.18 bits per heavy atom. The number of aromatic nitrogens is 1. The fourth-order valence-corrected chi connectivity index (χ4v) is 2.46. The number of ether oxygens (including phenoxy) is 3. The van der Waals surface area contributed by atoms with E-state index < -0.39 is 0 Å². The highest BCUT2D eigenvalue weighted by atomic mass is 16.5. The zero-order valence-electron chi connectivity index (χ0n) is 12.8. The molecule has 0 radical (unpaired) electrons. The molecule has 3 rings (SSSR count). The Bertz CT molecular complexity index is 797. The maximum absolute atomic E-state index is 5.42. The molecule has 3 aromatic rings. The van der Waals surface area contributed by atoms with E-state index >= 15 is 0 Å². The van der Waals surface area contributed by atoms with Crippen LogP contribution >= 0.6 is 0 Å². The summed E-state index contributed by atoms with van der Waals surface area (Å²) in [6.07, 6.45) is 1.84. The van der Waals surface area contributed by atoms with Crippen LogP contribution in [0.5, 0.6) is 17.2 Å². The van der Waals surface area contributed by atoms with E-state index in [4.69, 9.17) is 14.2 Å². The van der Waals surface area contributed by atoms with Gasteiger partial charge in [-0.15, -0.1) is 0 Å². The van der Waals surface area contributed by atoms with E-state index in [2.05, 4.69) is 11.1 Å². The Hall–Kier alpha value is -2.75. The first kappa shape index (κ1) is 14.2. The first-order valence-electron chi connectivity index (χ1n) is 6.92. The van der Waals surface area contributed by atoms with Gasteiger partial charge >= 0.3 is 0 Å². The molecule has 0 atom stereocenters. The van der Waals surface area contributed by atoms with Crippen molar-refractivity contribution in [1.82, 2.24) is 4.98 Å². The monoisotopic (exact) mass is 295 g/mol. The highest BCUT2D eigenvalue weighted by molar-refractivity contribution is 5.90. The predicted molar refractivity (Wildman–Crippen MR) is 86.8 cm³/mol. The molecule has 112 valence electrons. The Labute approximate surface area is 129 Å². The van der Waals surface area contributed by atoms with Crippen molar-refractivity contribution in [2.24, 2.45) is 0 Å². The van der Waals surface area contributed by atoms with Gasteiger partial charge < -0.3 is 14.2 Å². The molecule has 22 heavy (non-hydrogen) atoms. The Morgan fingerprint density at radius 1 is 0.773 bits per heavy atom. The normalized spacial score (nSPS) is 10.5. The van der Waals surface area contributed by atoms with Crippen molar-refractivity contribution in [2.75, 3.05) is 21.3 Å². The molecule has 0 bridgehead atoms. The fourth-order valence-electron chi connectivity index (χ4n) is 2.46. The van der Waals surface area contributed by atoms with Crippen molar-refractivity contribution in [3.05, 3.63) is 48.7 Å². The van der Waals surface area contributed by atoms with Crippen molar-refractivity contribution in [2.45, 2.75) is 0 Å². The predicted octanol–water partition coefficient (Wildman–Crippen LogP) is 3.93. The van der Waals surface area contributed by atoms with Crippen molar-refractivity contribution in [1.29, 1.82) is 0 Å². The number of hydrogen-bond acceptors (Lipinski definition) is 4. The van der Waals surface area contributed by atoms with Gasteiger partial charge in [0.2, 0.25) is 0 Å². The minimum absolute atomic E-state index is 0.654. The van der Waals surface area contributed by atoms with Crippen molar-refractivity contribution in [3.63, 3.8) is 0 Å². The molecule has 1 heterocycles. The second-order valence-corrected chi connectivity index (χ2v) is 4.83. The summed E-state index contributed by atoms with van der Waals surface area (Å²) in [5.74, 6) is 2.17. The number of nitrogens with zero attached hydrogens (tertiary/aromatic N) is 1. The summed E-state index contributed by atoms with van der Waals surface area (Å²) >= 11 is 0. The van der Waals surface area contributed by atoms with Gasteiger partial charge in [-0.25, -0.2) is 0 Å². The van der Waals surface area contributed by atoms with Gasteiger partial charge in [0.05, 0.1) is 21.3 Å². The number of hydrogen-bond donors (Lipinski definition) is 0. The molecule has 0 unspecified atom stereocenters. The van der Waals surface area contributed by atoms with Crippen LogP contribution in [0.25, 0.3) is 22.0 Å². The molecule has 0 spiro atoms. The highest BCUT2D eigenvalue weighted by Crippen LogP contribution is 2.35. The zero-order valence-corrected chi connectivity index (χ0v) is 12.8. The Kier molecular flexibility index (Phi) is 3.83. The molecule has 0 fully saturated rings. The van der Waals surface area contributed by atoms with Gasteiger partial charge in [-0.05, 0) is 35.9 Å². The summed E-state index contributed by atoms with van der Waals surface area (Å²) in [6.45, 7) is 0. The maximum atomic E-state index is 5.42. The lowest BCUT2D eigenvalue weighted by Crippen LogP contribution is -1.93. The van der Waals surface area contributed by atoms with Crippen LogP contribution < -0.4 is 14.2 Å². The van der Waals surface area contributed by atoms with Gasteiger partial charge in [0.1, 0.15) is 11.3 Å². The lowest BCUT2D eigenvalue weighted by atomic mass is 10.0. The third kappa shape index (κ3) is 2.44. The van der Waals surface area contributed by atoms with Gasteiger partial charge in [-0.2, -0.15) is 0 Å². The minimum atomic E-state index is 0.654. The summed E-state index contributed by atoms with van der Waals surface area (Å²) in [4.78, 5) is 4.54. The van der Waals surface area contributed by atoms with Crippen LogP contribution in [-0.2, 0) is 0 Å². The first-order valence-corrected chi connectivity index (χ1v) is 6.92. The Balaban J connectivity index is 2.09. The standard InChI is InChI=1S/C18H17NO3/c1-20-15-7-4-12(5-8-15)14-10-13-6-9-16(21-2)18(22-3)17(13)19-11-14/h4-11H,1-3H3. The van der Waals surface area contributed by atoms with E-state index in [1.54, 1.807) is 21.3 Å². The molecular formula is C18H17NO3. The lowest BCUT2D eigenvalue weighted by molar-refractivity contribution is 0.358. The van der Waals surface area contributed by atoms with Crippen molar-refractivity contribution < 1.29 is 14.2 Å². The van der Waals surface area contributed by atoms with Crippen LogP contribution in [-0.4, -0.2) is 26.3 Å². The third-order valence-corrected chi connectivity index (χ3v) is 3.62. The van der Waals surface area contributed by atoms with Gasteiger partial charge in [0.15, 0.2) is 11.5 Å². The van der Waals surface area contributed by atoms with Gasteiger partial charge in [-0.1, -0.05) is 12.1 Å². The lowest BCUT2D eigenvalue weighted by Gasteiger charge is -2.11. The van der Waals surface area contributed by atoms with Crippen LogP contribution in [0.1, 0.15) is 0 Å². The number of pyridine rings is 1. The van der Waals surface area contributed by atoms with E-state index in [1.807, 2.05) is 42.6 Å². The summed E-state index contributed by atoms with van der Waals surface area (Å²) in [5.41, 5.74) is 2.92. The molecule has 0 aliphatic carbocycles. The molecule has 0 saturated carbocycles. The quantitative estimate of drug-likeness (QED) is 0.731. The molecule has 0 N–H and O–H groups in total. The first-order chi connectivity index (χ1) is 10.8. The smallest absolute Gasteiger partial charge is 0.187 e. The van der Waals surface area contributed by atoms with E-state index in [9.17, 15) is 0 Å². The molecule has 1 aromatic heterocycles. The van der Waals surface area contributed by atoms with Crippen LogP contribution in [0.15, 0.2) is 48.7 Å². The highest BCUT2D eigenvalue weighted by Gasteiger charge is 2.11. The van der Waals surface area contributed by atoms with Crippen LogP contribution in [0, 0.1) is 0 Å². The number of methoxy groups -OCH3 is 3. The summed E-state index contributed by atoms with van der Waals surface area (Å²) < 4.78 is 15.9. The van der Waals surface area contributed by atoms with Crippen molar-refractivity contribution in [3.8, 4) is 28.4 Å². The van der Waals surface area contributed by atoms with Gasteiger partial charge in [-0.3, -0.25) is 4.98 Å². The third-order valence-electron chi connectivity index (χ3n) is 3.62. The van der Waals surface area contributed by atoms with E-state index in [-0.39, 0.29) is 0 Å². The number of benzene rings is 2. The van der Waals surface area contributed by atoms with E-state index in [0.717, 1.165) is 27.8 Å². The van der Waals surface area contributed by atoms with Crippen molar-refractivity contribution >= 4 is 10.9 Å². The SMILES string of the molecule is COc1ccc(-c2cnc3c(OC)c(OC)ccc3c2)cc1. The molecule has 0 saturated heterocycles. The summed E-state index contributed by atoms with van der Waals surface area (Å²) in [5, 5.41) is 1.01. The number of rotatable bonds is 4. The van der Waals surface area contributed by atoms with Gasteiger partial charge in [0, 0.05) is 17.1 Å². The summed E-state index contributed by atoms with van der Waals surface area (Å²) in [6, 6.07) is 13.9. The molecule has 0 amide bonds. The average Bonchev–Trinajstić information content (AvgIpc) is 2.60. The molecule has 0 aliphatic rings. The second kappa shape index (κ2) is 5.93. The fraction of sp³-hybridized carbons (Fsp3) is 0.167. The van der Waals surface area contributed by atoms with Crippen LogP contribution in [0.3, 0.4) is 0 Å². The largest absolute Gasteiger partial charge is 0.497 e. The topological polar surface area (TPSA) is 40.6 Å². The van der Waals surface area contributed by atoms with E-state index in [0.29, 0.717) is 11.5 Å². The zero-order chi connectivity index (χ0) is 15.5. The number of fused-ring (bicyclic) bond motifs is 1. The maximum Gasteiger partial charge on any atom is 0.187 e. The second-order valence-electron chi connectivity index (χ2n) is 4.83. The van der Waals surface area contributed by atoms with E-state index in [1.165, 1.54) is 0 Å². The minimum Gasteiger partial charge on any atom is -0.497 e. The molecular weight excluding hydrogens is 278 g/mol. The molecule has 2 aromatic carbocycles. The van der Waals surface area contributed by atoms with Gasteiger partial charge in [0.25, 0.3) is 0 Å². The Morgan fingerprint density at radius 2 is 1.55 bits per heavy atom. The molecule has 0 aliphatic heterocycles. The molecule has 4 nitrogen and oxygen atoms in total.